The number of aldehydes is 1. The molecular weight excluding hydrogens is 1390 g/mol. The number of aliphatic hydroxyl groups excluding tert-OH is 13. The summed E-state index contributed by atoms with van der Waals surface area (Å²) in [4.78, 5) is 56.9. The Bertz CT molecular complexity index is 3030. The molecule has 10 rings (SSSR count). The Hall–Kier alpha value is -3.10. The molecule has 9 fully saturated rings. The van der Waals surface area contributed by atoms with Crippen LogP contribution in [-0.4, -0.2) is 281 Å². The number of esters is 3. The molecule has 0 spiro atoms. The van der Waals surface area contributed by atoms with Crippen molar-refractivity contribution in [3.8, 4) is 0 Å². The molecule has 0 aromatic carbocycles. The zero-order valence-corrected chi connectivity index (χ0v) is 63.8. The smallest absolute Gasteiger partial charge is 0.317 e. The monoisotopic (exact) mass is 1520 g/mol. The van der Waals surface area contributed by atoms with Crippen LogP contribution >= 0.6 is 0 Å². The highest BCUT2D eigenvalue weighted by Crippen LogP contribution is 2.76. The van der Waals surface area contributed by atoms with Gasteiger partial charge in [0, 0.05) is 18.3 Å². The van der Waals surface area contributed by atoms with E-state index in [2.05, 4.69) is 54.5 Å². The number of ether oxygens (including phenoxy) is 12. The lowest BCUT2D eigenvalue weighted by Gasteiger charge is -2.71. The molecule has 106 heavy (non-hydrogen) atoms. The van der Waals surface area contributed by atoms with Crippen LogP contribution in [0, 0.1) is 68.0 Å². The zero-order chi connectivity index (χ0) is 78.0. The summed E-state index contributed by atoms with van der Waals surface area (Å²) in [5.74, 6) is -3.42. The van der Waals surface area contributed by atoms with Crippen LogP contribution in [-0.2, 0) is 76.0 Å². The number of fused-ring (bicyclic) bond motifs is 7. The van der Waals surface area contributed by atoms with E-state index in [9.17, 15) is 85.9 Å². The van der Waals surface area contributed by atoms with Gasteiger partial charge in [0.1, 0.15) is 90.5 Å². The summed E-state index contributed by atoms with van der Waals surface area (Å²) < 4.78 is 71.6. The van der Waals surface area contributed by atoms with Crippen molar-refractivity contribution in [1.29, 1.82) is 0 Å². The van der Waals surface area contributed by atoms with Gasteiger partial charge in [0.25, 0.3) is 0 Å². The van der Waals surface area contributed by atoms with E-state index in [-0.39, 0.29) is 71.5 Å². The minimum absolute atomic E-state index is 0.111. The van der Waals surface area contributed by atoms with E-state index in [0.29, 0.717) is 32.1 Å². The molecule has 4 saturated carbocycles. The second-order valence-corrected chi connectivity index (χ2v) is 35.0. The molecule has 0 aromatic heterocycles. The molecule has 14 N–H and O–H groups in total. The molecule has 608 valence electrons. The highest BCUT2D eigenvalue weighted by molar-refractivity contribution is 5.80. The SMILES string of the molecule is CC[C@H](C)[C@H](C[C@H](O)CC(=O)O[C@@H]1C(C)O[C@@H](OC(=O)[C@]23CCC(C)(C)CC2C2=CCC4[C@@]5(C)CC[C@H](C)[C@@](C)(C=O)C5CC[C@@]4(C)[C@]2(C)C[C@H]3O)[C@H](O[C@@H]2OC(C)[C@H](OC3OCC(O)[C@H](O[C@@H]4OC[C@](O)(CO)C4O)[C@@H]3O)[C@H](O)C2O)C1O)OC(=O)C[C@@H](O)C[C@H](O[C@@H]1O[C@@H](CO)C(O)C1O)[C@@H](C)CC. The van der Waals surface area contributed by atoms with Gasteiger partial charge in [0.15, 0.2) is 37.4 Å². The first-order valence-corrected chi connectivity index (χ1v) is 38.7. The molecule has 5 aliphatic carbocycles. The van der Waals surface area contributed by atoms with Gasteiger partial charge in [0.2, 0.25) is 6.29 Å². The quantitative estimate of drug-likeness (QED) is 0.0239. The van der Waals surface area contributed by atoms with Gasteiger partial charge in [-0.15, -0.1) is 0 Å². The van der Waals surface area contributed by atoms with E-state index < -0.39 is 238 Å². The average molecular weight is 1520 g/mol. The van der Waals surface area contributed by atoms with Gasteiger partial charge < -0.3 is 133 Å². The van der Waals surface area contributed by atoms with Gasteiger partial charge in [-0.1, -0.05) is 101 Å². The largest absolute Gasteiger partial charge is 0.462 e. The molecule has 37 atom stereocenters. The van der Waals surface area contributed by atoms with Crippen LogP contribution in [0.3, 0.4) is 0 Å². The third kappa shape index (κ3) is 16.0. The number of carbonyl (C=O) groups excluding carboxylic acids is 4. The molecule has 0 bridgehead atoms. The van der Waals surface area contributed by atoms with Crippen LogP contribution in [0.4, 0.5) is 0 Å². The zero-order valence-electron chi connectivity index (χ0n) is 63.8. The maximum absolute atomic E-state index is 16.0. The first-order chi connectivity index (χ1) is 49.7. The molecule has 5 saturated heterocycles. The Balaban J connectivity index is 0.871. The lowest BCUT2D eigenvalue weighted by atomic mass is 9.33. The topological polar surface area (TPSA) is 462 Å². The normalized spacial score (nSPS) is 47.4. The highest BCUT2D eigenvalue weighted by atomic mass is 16.8. The van der Waals surface area contributed by atoms with Crippen LogP contribution in [0.15, 0.2) is 11.6 Å². The van der Waals surface area contributed by atoms with Crippen molar-refractivity contribution in [2.24, 2.45) is 68.0 Å². The van der Waals surface area contributed by atoms with Gasteiger partial charge in [-0.2, -0.15) is 0 Å². The summed E-state index contributed by atoms with van der Waals surface area (Å²) in [6.07, 6.45) is -30.7. The predicted octanol–water partition coefficient (Wildman–Crippen LogP) is 1.39. The number of hydrogen-bond acceptors (Lipinski definition) is 30. The Kier molecular flexibility index (Phi) is 26.7. The van der Waals surface area contributed by atoms with Crippen molar-refractivity contribution < 1.29 is 148 Å². The predicted molar refractivity (Wildman–Crippen MR) is 369 cm³/mol. The number of carbonyl (C=O) groups is 4. The van der Waals surface area contributed by atoms with Gasteiger partial charge >= 0.3 is 17.9 Å². The van der Waals surface area contributed by atoms with Crippen molar-refractivity contribution in [1.82, 2.24) is 0 Å². The van der Waals surface area contributed by atoms with Crippen LogP contribution in [0.1, 0.15) is 186 Å². The molecule has 5 aliphatic heterocycles. The minimum Gasteiger partial charge on any atom is -0.462 e. The second-order valence-electron chi connectivity index (χ2n) is 35.0. The van der Waals surface area contributed by atoms with Crippen molar-refractivity contribution in [3.63, 3.8) is 0 Å². The summed E-state index contributed by atoms with van der Waals surface area (Å²) in [6.45, 7) is 23.1. The molecule has 0 aromatic rings. The lowest BCUT2D eigenvalue weighted by molar-refractivity contribution is -0.376. The van der Waals surface area contributed by atoms with E-state index >= 15 is 4.79 Å². The number of rotatable bonds is 27. The number of hydrogen-bond donors (Lipinski definition) is 14. The molecule has 30 heteroatoms. The van der Waals surface area contributed by atoms with Crippen LogP contribution < -0.4 is 0 Å². The Morgan fingerprint density at radius 3 is 1.88 bits per heavy atom. The Morgan fingerprint density at radius 1 is 0.632 bits per heavy atom. The standard InChI is InChI=1S/C76H124O30/c1-14-35(3)45(99-51(84)26-41(81)25-46(36(4)15-2)100-66-55(88)53(86)47(30-77)101-66)24-40(80)27-52(85)102-60-39(7)98-67(62(57(60)90)105-65-56(89)54(87)59(38(6)97-65)103-64-58(91)61(44(82)31-95-64)104-68-63(92)75(94,33-79)34-96-68)106-69(93)76-23-22-70(8,9)28-43(76)42-16-17-49-71(10)20-18-37(5)72(11,32-78)48(71)19-21-73(49,12)74(42,13)29-50(76)83/h16,32,35-41,43-50,53-68,77,79-83,86-92,94H,14-15,17-31,33-34H2,1-13H3/t35-,36-,37-,38?,39?,40-,41-,43?,44?,45-,46-,47-,48?,49?,50+,53?,54+,55?,56?,57?,58-,59-,60+,61-,62+,63?,64?,65-,66+,67-,68-,71-,72+,73+,74+,75+,76+/m0/s1. The van der Waals surface area contributed by atoms with E-state index in [1.165, 1.54) is 20.1 Å². The molecule has 30 nitrogen and oxygen atoms in total. The molecule has 0 radical (unpaired) electrons. The van der Waals surface area contributed by atoms with Gasteiger partial charge in [0.05, 0.1) is 75.9 Å². The third-order valence-electron chi connectivity index (χ3n) is 27.9. The first-order valence-electron chi connectivity index (χ1n) is 38.7. The molecule has 12 unspecified atom stereocenters. The van der Waals surface area contributed by atoms with Crippen molar-refractivity contribution in [2.45, 2.75) is 345 Å². The third-order valence-corrected chi connectivity index (χ3v) is 27.9. The molecule has 0 amide bonds. The Labute approximate surface area is 620 Å². The Morgan fingerprint density at radius 2 is 1.25 bits per heavy atom. The van der Waals surface area contributed by atoms with Gasteiger partial charge in [-0.05, 0) is 129 Å². The van der Waals surface area contributed by atoms with E-state index in [1.54, 1.807) is 6.92 Å². The first kappa shape index (κ1) is 85.3. The van der Waals surface area contributed by atoms with Crippen molar-refractivity contribution >= 4 is 24.2 Å². The maximum Gasteiger partial charge on any atom is 0.317 e. The number of aliphatic hydroxyl groups is 14. The second kappa shape index (κ2) is 33.2. The molecule has 5 heterocycles. The summed E-state index contributed by atoms with van der Waals surface area (Å²) in [7, 11) is 0. The fourth-order valence-electron chi connectivity index (χ4n) is 20.2. The fourth-order valence-corrected chi connectivity index (χ4v) is 20.2. The van der Waals surface area contributed by atoms with E-state index in [4.69, 9.17) is 56.8 Å². The summed E-state index contributed by atoms with van der Waals surface area (Å²) in [5.41, 5.74) is -4.62. The minimum atomic E-state index is -2.11. The van der Waals surface area contributed by atoms with Gasteiger partial charge in [-0.3, -0.25) is 14.4 Å². The molecular formula is C76H124O30. The van der Waals surface area contributed by atoms with Crippen LogP contribution in [0.5, 0.6) is 0 Å². The van der Waals surface area contributed by atoms with Crippen molar-refractivity contribution in [2.75, 3.05) is 26.4 Å². The fraction of sp³-hybridized carbons (Fsp3) is 0.921. The van der Waals surface area contributed by atoms with E-state index in [1.807, 2.05) is 20.8 Å². The lowest BCUT2D eigenvalue weighted by Crippen LogP contribution is -2.68. The highest BCUT2D eigenvalue weighted by Gasteiger charge is 2.72. The van der Waals surface area contributed by atoms with E-state index in [0.717, 1.165) is 31.3 Å². The summed E-state index contributed by atoms with van der Waals surface area (Å²) >= 11 is 0. The van der Waals surface area contributed by atoms with Crippen LogP contribution in [0.2, 0.25) is 0 Å². The summed E-state index contributed by atoms with van der Waals surface area (Å²) in [6, 6.07) is 0. The maximum atomic E-state index is 16.0. The van der Waals surface area contributed by atoms with Gasteiger partial charge in [-0.25, -0.2) is 0 Å². The number of allylic oxidation sites excluding steroid dienone is 2. The average Bonchev–Trinajstić information content (AvgIpc) is 0.682. The van der Waals surface area contributed by atoms with Crippen molar-refractivity contribution in [3.05, 3.63) is 11.6 Å². The molecule has 10 aliphatic rings. The summed E-state index contributed by atoms with van der Waals surface area (Å²) in [5, 5.41) is 156. The van der Waals surface area contributed by atoms with Crippen LogP contribution in [0.25, 0.3) is 0 Å².